The molecule has 206 valence electrons. The van der Waals surface area contributed by atoms with Crippen molar-refractivity contribution in [1.82, 2.24) is 10.4 Å². The quantitative estimate of drug-likeness (QED) is 0.0901. The van der Waals surface area contributed by atoms with Crippen molar-refractivity contribution in [3.05, 3.63) is 122 Å². The Labute approximate surface area is 254 Å². The van der Waals surface area contributed by atoms with E-state index in [1.54, 1.807) is 37.4 Å². The largest absolute Gasteiger partial charge is 0.493 e. The molecular formula is C31H24FIN4O3S. The number of rotatable bonds is 10. The minimum Gasteiger partial charge on any atom is -0.493 e. The van der Waals surface area contributed by atoms with E-state index in [0.717, 1.165) is 25.6 Å². The number of amides is 1. The maximum atomic E-state index is 13.5. The first kappa shape index (κ1) is 28.2. The molecule has 0 fully saturated rings. The van der Waals surface area contributed by atoms with Crippen molar-refractivity contribution in [2.24, 2.45) is 5.10 Å². The minimum absolute atomic E-state index is 0.195. The van der Waals surface area contributed by atoms with Gasteiger partial charge in [0.15, 0.2) is 16.6 Å². The van der Waals surface area contributed by atoms with Crippen LogP contribution in [0.3, 0.4) is 0 Å². The van der Waals surface area contributed by atoms with Gasteiger partial charge in [0, 0.05) is 22.2 Å². The molecule has 0 unspecified atom stereocenters. The Morgan fingerprint density at radius 2 is 1.85 bits per heavy atom. The van der Waals surface area contributed by atoms with Crippen LogP contribution in [0.25, 0.3) is 11.3 Å². The van der Waals surface area contributed by atoms with Crippen LogP contribution in [-0.4, -0.2) is 24.2 Å². The minimum atomic E-state index is -0.339. The number of anilines is 2. The van der Waals surface area contributed by atoms with Gasteiger partial charge in [0.2, 0.25) is 0 Å². The molecule has 41 heavy (non-hydrogen) atoms. The molecule has 1 aromatic heterocycles. The highest BCUT2D eigenvalue weighted by atomic mass is 127. The molecule has 7 nitrogen and oxygen atoms in total. The number of hydrogen-bond acceptors (Lipinski definition) is 7. The van der Waals surface area contributed by atoms with Crippen LogP contribution in [0.2, 0.25) is 0 Å². The van der Waals surface area contributed by atoms with Crippen molar-refractivity contribution in [3.63, 3.8) is 0 Å². The fourth-order valence-corrected chi connectivity index (χ4v) is 5.39. The third-order valence-electron chi connectivity index (χ3n) is 5.88. The van der Waals surface area contributed by atoms with Gasteiger partial charge in [-0.1, -0.05) is 42.5 Å². The average molecular weight is 679 g/mol. The third-order valence-corrected chi connectivity index (χ3v) is 7.43. The van der Waals surface area contributed by atoms with Gasteiger partial charge in [-0.15, -0.1) is 11.3 Å². The molecule has 1 heterocycles. The Bertz CT molecular complexity index is 1680. The first-order valence-corrected chi connectivity index (χ1v) is 14.4. The zero-order valence-corrected chi connectivity index (χ0v) is 24.8. The lowest BCUT2D eigenvalue weighted by atomic mass is 10.1. The fraction of sp³-hybridized carbons (Fsp3) is 0.0645. The predicted octanol–water partition coefficient (Wildman–Crippen LogP) is 7.65. The highest BCUT2D eigenvalue weighted by Crippen LogP contribution is 2.34. The van der Waals surface area contributed by atoms with Gasteiger partial charge in [-0.3, -0.25) is 4.79 Å². The van der Waals surface area contributed by atoms with E-state index in [-0.39, 0.29) is 18.3 Å². The second-order valence-corrected chi connectivity index (χ2v) is 10.8. The molecule has 0 saturated carbocycles. The normalized spacial score (nSPS) is 10.9. The monoisotopic (exact) mass is 678 g/mol. The molecule has 0 radical (unpaired) electrons. The van der Waals surface area contributed by atoms with E-state index in [1.165, 1.54) is 29.7 Å². The lowest BCUT2D eigenvalue weighted by Crippen LogP contribution is -2.17. The maximum Gasteiger partial charge on any atom is 0.271 e. The van der Waals surface area contributed by atoms with Gasteiger partial charge >= 0.3 is 0 Å². The number of ether oxygens (including phenoxy) is 2. The first-order valence-electron chi connectivity index (χ1n) is 12.4. The first-order chi connectivity index (χ1) is 20.0. The molecular weight excluding hydrogens is 654 g/mol. The topological polar surface area (TPSA) is 84.8 Å². The van der Waals surface area contributed by atoms with E-state index >= 15 is 0 Å². The predicted molar refractivity (Wildman–Crippen MR) is 169 cm³/mol. The molecule has 5 aromatic rings. The number of carbonyl (C=O) groups excluding carboxylic acids is 1. The summed E-state index contributed by atoms with van der Waals surface area (Å²) in [5.74, 6) is 0.388. The van der Waals surface area contributed by atoms with E-state index < -0.39 is 0 Å². The van der Waals surface area contributed by atoms with Crippen molar-refractivity contribution in [2.75, 3.05) is 12.4 Å². The van der Waals surface area contributed by atoms with Gasteiger partial charge < -0.3 is 14.8 Å². The molecule has 0 spiro atoms. The summed E-state index contributed by atoms with van der Waals surface area (Å²) in [5.41, 5.74) is 7.15. The summed E-state index contributed by atoms with van der Waals surface area (Å²) >= 11 is 3.65. The number of methoxy groups -OCH3 is 1. The second-order valence-electron chi connectivity index (χ2n) is 8.76. The van der Waals surface area contributed by atoms with Gasteiger partial charge in [-0.2, -0.15) is 5.10 Å². The number of thiazole rings is 1. The van der Waals surface area contributed by atoms with E-state index in [4.69, 9.17) is 9.47 Å². The number of hydrazone groups is 1. The van der Waals surface area contributed by atoms with Crippen LogP contribution in [0.4, 0.5) is 15.2 Å². The Morgan fingerprint density at radius 3 is 2.61 bits per heavy atom. The number of aromatic nitrogens is 1. The Morgan fingerprint density at radius 1 is 1.05 bits per heavy atom. The Hall–Kier alpha value is -4.29. The Balaban J connectivity index is 1.19. The van der Waals surface area contributed by atoms with Crippen LogP contribution in [0.1, 0.15) is 21.5 Å². The van der Waals surface area contributed by atoms with Crippen molar-refractivity contribution >= 4 is 56.9 Å². The third kappa shape index (κ3) is 7.47. The number of halogens is 2. The number of para-hydroxylation sites is 1. The molecule has 4 aromatic carbocycles. The van der Waals surface area contributed by atoms with Gasteiger partial charge in [-0.05, 0) is 82.2 Å². The van der Waals surface area contributed by atoms with Crippen molar-refractivity contribution in [2.45, 2.75) is 6.61 Å². The van der Waals surface area contributed by atoms with Crippen LogP contribution in [0.5, 0.6) is 11.5 Å². The number of hydrogen-bond donors (Lipinski definition) is 2. The lowest BCUT2D eigenvalue weighted by Gasteiger charge is -2.13. The second kappa shape index (κ2) is 13.4. The van der Waals surface area contributed by atoms with Gasteiger partial charge in [-0.25, -0.2) is 14.8 Å². The van der Waals surface area contributed by atoms with Crippen molar-refractivity contribution in [1.29, 1.82) is 0 Å². The maximum absolute atomic E-state index is 13.5. The number of carbonyl (C=O) groups is 1. The summed E-state index contributed by atoms with van der Waals surface area (Å²) in [6, 6.07) is 26.9. The molecule has 0 aliphatic heterocycles. The number of nitrogens with one attached hydrogen (secondary N) is 2. The van der Waals surface area contributed by atoms with Crippen molar-refractivity contribution < 1.29 is 18.7 Å². The summed E-state index contributed by atoms with van der Waals surface area (Å²) < 4.78 is 25.7. The van der Waals surface area contributed by atoms with E-state index in [2.05, 4.69) is 43.4 Å². The highest BCUT2D eigenvalue weighted by Gasteiger charge is 2.12. The van der Waals surface area contributed by atoms with Crippen LogP contribution < -0.4 is 20.2 Å². The van der Waals surface area contributed by atoms with Gasteiger partial charge in [0.25, 0.3) is 5.91 Å². The molecule has 0 atom stereocenters. The van der Waals surface area contributed by atoms with Crippen molar-refractivity contribution in [3.8, 4) is 22.8 Å². The SMILES string of the molecule is COc1cc(/C=N\NC(=O)c2ccc(-c3csc(Nc4ccccc4)n3)cc2)cc(I)c1OCc1cccc(F)c1. The zero-order valence-electron chi connectivity index (χ0n) is 21.8. The van der Waals surface area contributed by atoms with Gasteiger partial charge in [0.05, 0.1) is 22.6 Å². The zero-order chi connectivity index (χ0) is 28.6. The van der Waals surface area contributed by atoms with Crippen LogP contribution in [0, 0.1) is 9.39 Å². The molecule has 0 saturated heterocycles. The van der Waals surface area contributed by atoms with Crippen LogP contribution in [-0.2, 0) is 6.61 Å². The van der Waals surface area contributed by atoms with Gasteiger partial charge in [0.1, 0.15) is 12.4 Å². The standard InChI is InChI=1S/C31H24FIN4O3S/c1-39-28-16-21(15-26(33)29(28)40-18-20-6-5-7-24(32)14-20)17-34-37-30(38)23-12-10-22(11-13-23)27-19-41-31(36-27)35-25-8-3-2-4-9-25/h2-17,19H,18H2,1H3,(H,35,36)(H,37,38)/b34-17-. The summed E-state index contributed by atoms with van der Waals surface area (Å²) in [5, 5.41) is 10.2. The molecule has 1 amide bonds. The lowest BCUT2D eigenvalue weighted by molar-refractivity contribution is 0.0955. The van der Waals surface area contributed by atoms with E-state index in [9.17, 15) is 9.18 Å². The average Bonchev–Trinajstić information content (AvgIpc) is 3.45. The molecule has 2 N–H and O–H groups in total. The fourth-order valence-electron chi connectivity index (χ4n) is 3.87. The molecule has 0 aliphatic rings. The number of nitrogens with zero attached hydrogens (tertiary/aromatic N) is 2. The number of benzene rings is 4. The molecule has 0 bridgehead atoms. The smallest absolute Gasteiger partial charge is 0.271 e. The van der Waals surface area contributed by atoms with E-state index in [1.807, 2.05) is 53.9 Å². The summed E-state index contributed by atoms with van der Waals surface area (Å²) in [6.45, 7) is 0.195. The molecule has 10 heteroatoms. The van der Waals surface area contributed by atoms with Crippen LogP contribution in [0.15, 0.2) is 101 Å². The highest BCUT2D eigenvalue weighted by molar-refractivity contribution is 14.1. The van der Waals surface area contributed by atoms with Crippen LogP contribution >= 0.6 is 33.9 Å². The van der Waals surface area contributed by atoms with E-state index in [0.29, 0.717) is 28.2 Å². The molecule has 5 rings (SSSR count). The summed E-state index contributed by atoms with van der Waals surface area (Å²) in [4.78, 5) is 17.3. The Kier molecular flexibility index (Phi) is 9.22. The molecule has 0 aliphatic carbocycles. The summed E-state index contributed by atoms with van der Waals surface area (Å²) in [6.07, 6.45) is 1.53. The summed E-state index contributed by atoms with van der Waals surface area (Å²) in [7, 11) is 1.54.